The average Bonchev–Trinajstić information content (AvgIpc) is 3.16. The maximum Gasteiger partial charge on any atom is 0.407 e. The second-order valence-corrected chi connectivity index (χ2v) is 6.71. The number of benzene rings is 2. The van der Waals surface area contributed by atoms with Gasteiger partial charge in [-0.2, -0.15) is 23.7 Å². The van der Waals surface area contributed by atoms with Crippen LogP contribution < -0.4 is 5.32 Å². The molecule has 1 heterocycles. The molecule has 6 nitrogen and oxygen atoms in total. The van der Waals surface area contributed by atoms with Crippen molar-refractivity contribution in [1.29, 1.82) is 0 Å². The van der Waals surface area contributed by atoms with Crippen LogP contribution >= 0.6 is 0 Å². The molecule has 0 aliphatic rings. The minimum atomic E-state index is -0.406. The first-order valence-corrected chi connectivity index (χ1v) is 9.93. The zero-order valence-corrected chi connectivity index (χ0v) is 20.1. The van der Waals surface area contributed by atoms with E-state index in [1.54, 1.807) is 4.68 Å². The molecule has 0 aliphatic carbocycles. The number of rotatable bonds is 9. The molecule has 3 rings (SSSR count). The summed E-state index contributed by atoms with van der Waals surface area (Å²) in [6.45, 7) is 7.49. The Balaban J connectivity index is 0.00000240. The summed E-state index contributed by atoms with van der Waals surface area (Å²) in [5, 5.41) is 11.4. The average molecular weight is 495 g/mol. The first-order valence-electron chi connectivity index (χ1n) is 9.93. The molecule has 163 valence electrons. The van der Waals surface area contributed by atoms with Gasteiger partial charge in [0.2, 0.25) is 0 Å². The summed E-state index contributed by atoms with van der Waals surface area (Å²) in [5.74, 6) is 0. The molecule has 1 N–H and O–H groups in total. The first kappa shape index (κ1) is 26.9. The Hall–Kier alpha value is -2.18. The second-order valence-electron chi connectivity index (χ2n) is 6.71. The van der Waals surface area contributed by atoms with E-state index in [9.17, 15) is 4.79 Å². The third-order valence-corrected chi connectivity index (χ3v) is 4.56. The molecule has 0 bridgehead atoms. The fourth-order valence-corrected chi connectivity index (χ4v) is 3.05. The van der Waals surface area contributed by atoms with E-state index in [1.165, 1.54) is 0 Å². The number of unbranched alkanes of at least 4 members (excludes halogenated alkanes) is 2. The molecule has 2 aromatic carbocycles. The molecule has 0 saturated carbocycles. The van der Waals surface area contributed by atoms with Crippen LogP contribution in [0.5, 0.6) is 0 Å². The van der Waals surface area contributed by atoms with Gasteiger partial charge in [-0.1, -0.05) is 38.5 Å². The number of nitrogens with zero attached hydrogens (tertiary/aromatic N) is 3. The number of ether oxygens (including phenoxy) is 1. The summed E-state index contributed by atoms with van der Waals surface area (Å²) < 4.78 is 7.05. The summed E-state index contributed by atoms with van der Waals surface area (Å²) in [5.41, 5.74) is 4.24. The number of hydrogen-bond donors (Lipinski definition) is 1. The first-order chi connectivity index (χ1) is 14.2. The van der Waals surface area contributed by atoms with Crippen LogP contribution in [0.1, 0.15) is 39.2 Å². The van der Waals surface area contributed by atoms with Crippen molar-refractivity contribution in [3.05, 3.63) is 67.1 Å². The Labute approximate surface area is 210 Å². The number of alkyl carbamates (subject to hydrolysis) is 1. The maximum absolute atomic E-state index is 11.8. The molecule has 0 atom stereocenters. The van der Waals surface area contributed by atoms with Crippen molar-refractivity contribution >= 4 is 6.09 Å². The van der Waals surface area contributed by atoms with Crippen LogP contribution in [0.25, 0.3) is 22.5 Å². The number of nitrogens with one attached hydrogen (secondary N) is 1. The minimum Gasteiger partial charge on any atom is -0.448 e. The smallest absolute Gasteiger partial charge is 0.407 e. The standard InChI is InChI=1S/C23H26N4O2.CH4.Y/c1-3-4-10-15-24-23(28)29-17-16-27-22(20-14-9-8-11-18(20)2)21(25-26-27)19-12-6-5-7-13-19;;/h5-9,11-12,14H,2-4,10,15-17H2,1H3,(H,24,28);1H4;/q-2;;. The summed E-state index contributed by atoms with van der Waals surface area (Å²) in [6.07, 6.45) is 2.75. The number of aromatic nitrogens is 3. The van der Waals surface area contributed by atoms with Gasteiger partial charge in [0.05, 0.1) is 6.54 Å². The van der Waals surface area contributed by atoms with Crippen molar-refractivity contribution in [2.45, 2.75) is 40.2 Å². The summed E-state index contributed by atoms with van der Waals surface area (Å²) in [6, 6.07) is 18.7. The van der Waals surface area contributed by atoms with Gasteiger partial charge in [0.15, 0.2) is 0 Å². The van der Waals surface area contributed by atoms with Gasteiger partial charge >= 0.3 is 6.09 Å². The Kier molecular flexibility index (Phi) is 12.1. The second kappa shape index (κ2) is 14.0. The Morgan fingerprint density at radius 1 is 1.19 bits per heavy atom. The van der Waals surface area contributed by atoms with Crippen molar-refractivity contribution < 1.29 is 42.2 Å². The van der Waals surface area contributed by atoms with E-state index in [0.29, 0.717) is 13.1 Å². The van der Waals surface area contributed by atoms with E-state index < -0.39 is 6.09 Å². The third-order valence-electron chi connectivity index (χ3n) is 4.56. The molecule has 0 fully saturated rings. The maximum atomic E-state index is 11.8. The van der Waals surface area contributed by atoms with Crippen LogP contribution in [0.3, 0.4) is 0 Å². The SMILES string of the molecule is C.[CH2-]c1ccccc1-c1c(-c2[c-]cccc2)nnn1CCOC(=O)NCCCCC.[Y]. The van der Waals surface area contributed by atoms with E-state index in [1.807, 2.05) is 48.5 Å². The number of carbonyl (C=O) groups is 1. The number of amides is 1. The van der Waals surface area contributed by atoms with E-state index in [0.717, 1.165) is 47.3 Å². The van der Waals surface area contributed by atoms with Gasteiger partial charge in [0.25, 0.3) is 0 Å². The molecule has 0 saturated heterocycles. The summed E-state index contributed by atoms with van der Waals surface area (Å²) >= 11 is 0. The molecule has 31 heavy (non-hydrogen) atoms. The van der Waals surface area contributed by atoms with Gasteiger partial charge in [-0.05, 0) is 12.1 Å². The molecule has 0 unspecified atom stereocenters. The molecule has 1 aromatic heterocycles. The van der Waals surface area contributed by atoms with Gasteiger partial charge in [0.1, 0.15) is 6.61 Å². The zero-order valence-electron chi connectivity index (χ0n) is 17.3. The van der Waals surface area contributed by atoms with Gasteiger partial charge < -0.3 is 10.1 Å². The Morgan fingerprint density at radius 2 is 1.97 bits per heavy atom. The zero-order chi connectivity index (χ0) is 20.5. The summed E-state index contributed by atoms with van der Waals surface area (Å²) in [7, 11) is 0. The molecule has 7 heteroatoms. The molecule has 1 amide bonds. The van der Waals surface area contributed by atoms with Crippen LogP contribution in [0.4, 0.5) is 4.79 Å². The topological polar surface area (TPSA) is 69.0 Å². The van der Waals surface area contributed by atoms with Crippen LogP contribution in [0, 0.1) is 13.0 Å². The minimum absolute atomic E-state index is 0. The summed E-state index contributed by atoms with van der Waals surface area (Å²) in [4.78, 5) is 11.8. The Morgan fingerprint density at radius 3 is 2.68 bits per heavy atom. The fraction of sp³-hybridized carbons (Fsp3) is 0.333. The van der Waals surface area contributed by atoms with Gasteiger partial charge in [-0.15, -0.1) is 53.6 Å². The van der Waals surface area contributed by atoms with Crippen LogP contribution in [-0.2, 0) is 44.0 Å². The third kappa shape index (κ3) is 7.47. The van der Waals surface area contributed by atoms with Crippen molar-refractivity contribution in [3.63, 3.8) is 0 Å². The molecular formula is C24H30N4O2Y-2. The quantitative estimate of drug-likeness (QED) is 0.330. The fourth-order valence-electron chi connectivity index (χ4n) is 3.05. The predicted molar refractivity (Wildman–Crippen MR) is 120 cm³/mol. The molecule has 1 radical (unpaired) electrons. The van der Waals surface area contributed by atoms with Gasteiger partial charge in [-0.3, -0.25) is 4.68 Å². The molecule has 0 spiro atoms. The van der Waals surface area contributed by atoms with Crippen LogP contribution in [-0.4, -0.2) is 34.2 Å². The van der Waals surface area contributed by atoms with E-state index in [2.05, 4.69) is 35.5 Å². The van der Waals surface area contributed by atoms with Crippen LogP contribution in [0.15, 0.2) is 48.5 Å². The van der Waals surface area contributed by atoms with Crippen LogP contribution in [0.2, 0.25) is 0 Å². The number of hydrogen-bond acceptors (Lipinski definition) is 4. The molecule has 3 aromatic rings. The number of carbonyl (C=O) groups excluding carboxylic acids is 1. The van der Waals surface area contributed by atoms with Crippen molar-refractivity contribution in [2.24, 2.45) is 0 Å². The van der Waals surface area contributed by atoms with Gasteiger partial charge in [0, 0.05) is 44.9 Å². The molecule has 0 aliphatic heterocycles. The predicted octanol–water partition coefficient (Wildman–Crippen LogP) is 5.14. The van der Waals surface area contributed by atoms with Gasteiger partial charge in [-0.25, -0.2) is 4.79 Å². The van der Waals surface area contributed by atoms with Crippen molar-refractivity contribution in [1.82, 2.24) is 20.3 Å². The monoisotopic (exact) mass is 495 g/mol. The molecular weight excluding hydrogens is 465 g/mol. The largest absolute Gasteiger partial charge is 0.448 e. The van der Waals surface area contributed by atoms with Crippen molar-refractivity contribution in [3.8, 4) is 22.5 Å². The Bertz CT molecular complexity index is 928. The van der Waals surface area contributed by atoms with Crippen molar-refractivity contribution in [2.75, 3.05) is 13.2 Å². The van der Waals surface area contributed by atoms with E-state index in [-0.39, 0.29) is 46.7 Å². The van der Waals surface area contributed by atoms with E-state index >= 15 is 0 Å². The normalized spacial score (nSPS) is 9.97. The van der Waals surface area contributed by atoms with E-state index in [4.69, 9.17) is 4.74 Å².